The summed E-state index contributed by atoms with van der Waals surface area (Å²) in [5.74, 6) is -7.64. The molecule has 0 radical (unpaired) electrons. The summed E-state index contributed by atoms with van der Waals surface area (Å²) in [4.78, 5) is 187. The number of aryl methyl sites for hydroxylation is 1. The van der Waals surface area contributed by atoms with E-state index in [0.29, 0.717) is 57.2 Å². The van der Waals surface area contributed by atoms with Crippen molar-refractivity contribution in [2.45, 2.75) is 229 Å². The van der Waals surface area contributed by atoms with E-state index in [1.807, 2.05) is 13.8 Å². The van der Waals surface area contributed by atoms with E-state index >= 15 is 4.79 Å². The maximum Gasteiger partial charge on any atom is 0.417 e. The van der Waals surface area contributed by atoms with Crippen LogP contribution in [0.2, 0.25) is 5.02 Å². The van der Waals surface area contributed by atoms with Gasteiger partial charge in [0, 0.05) is 81.9 Å². The zero-order valence-electron chi connectivity index (χ0n) is 60.8. The van der Waals surface area contributed by atoms with Crippen LogP contribution in [0.25, 0.3) is 0 Å². The van der Waals surface area contributed by atoms with Gasteiger partial charge >= 0.3 is 6.18 Å². The van der Waals surface area contributed by atoms with E-state index in [-0.39, 0.29) is 94.4 Å². The average Bonchev–Trinajstić information content (AvgIpc) is 1.05. The third-order valence-corrected chi connectivity index (χ3v) is 21.5. The van der Waals surface area contributed by atoms with Gasteiger partial charge in [0.15, 0.2) is 0 Å². The zero-order valence-corrected chi connectivity index (χ0v) is 61.5. The van der Waals surface area contributed by atoms with Gasteiger partial charge < -0.3 is 64.8 Å². The molecule has 25 nitrogen and oxygen atoms in total. The fraction of sp³-hybridized carbons (Fsp3) is 0.750. The molecule has 3 aliphatic heterocycles. The average molecular weight is 1440 g/mol. The third kappa shape index (κ3) is 22.9. The molecule has 0 bridgehead atoms. The Morgan fingerprint density at radius 1 is 0.594 bits per heavy atom. The first-order chi connectivity index (χ1) is 47.9. The summed E-state index contributed by atoms with van der Waals surface area (Å²) < 4.78 is 47.3. The number of carbonyl (C=O) groups is 12. The molecule has 29 heteroatoms. The Balaban J connectivity index is 1.20. The number of likely N-dealkylation sites (N-methyl/N-ethyl adjacent to an activating group) is 7. The summed E-state index contributed by atoms with van der Waals surface area (Å²) in [6.07, 6.45) is 7.91. The molecule has 3 aliphatic carbocycles. The lowest BCUT2D eigenvalue weighted by molar-refractivity contribution is -0.155. The van der Waals surface area contributed by atoms with E-state index in [0.717, 1.165) is 97.5 Å². The van der Waals surface area contributed by atoms with Crippen molar-refractivity contribution < 1.29 is 75.4 Å². The van der Waals surface area contributed by atoms with Crippen LogP contribution in [0.1, 0.15) is 179 Å². The Morgan fingerprint density at radius 3 is 1.85 bits per heavy atom. The maximum absolute atomic E-state index is 15.4. The number of amides is 12. The third-order valence-electron chi connectivity index (χ3n) is 21.2. The molecule has 3 saturated carbocycles. The monoisotopic (exact) mass is 1440 g/mol. The fourth-order valence-electron chi connectivity index (χ4n) is 14.8. The number of ether oxygens (including phenoxy) is 1. The molecular formula is C72H110ClF3N12O13. The van der Waals surface area contributed by atoms with Gasteiger partial charge in [-0.15, -0.1) is 0 Å². The van der Waals surface area contributed by atoms with E-state index in [1.165, 1.54) is 72.9 Å². The number of rotatable bonds is 12. The van der Waals surface area contributed by atoms with Crippen LogP contribution in [-0.2, 0) is 74.9 Å². The van der Waals surface area contributed by atoms with Crippen LogP contribution in [0.4, 0.5) is 13.2 Å². The van der Waals surface area contributed by atoms with Crippen LogP contribution in [-0.4, -0.2) is 265 Å². The number of nitrogens with one attached hydrogen (secondary N) is 3. The van der Waals surface area contributed by atoms with Crippen LogP contribution in [0, 0.1) is 17.8 Å². The van der Waals surface area contributed by atoms with Crippen LogP contribution >= 0.6 is 11.6 Å². The number of hydrogen-bond donors (Lipinski definition) is 3. The van der Waals surface area contributed by atoms with Crippen molar-refractivity contribution in [2.24, 2.45) is 17.8 Å². The van der Waals surface area contributed by atoms with Gasteiger partial charge in [-0.2, -0.15) is 13.2 Å². The number of hydrogen-bond acceptors (Lipinski definition) is 13. The predicted octanol–water partition coefficient (Wildman–Crippen LogP) is 5.41. The molecule has 1 aromatic rings. The molecule has 0 aromatic heterocycles. The summed E-state index contributed by atoms with van der Waals surface area (Å²) >= 11 is 6.11. The number of alkyl halides is 3. The number of nitrogens with zero attached hydrogens (tertiary/aromatic N) is 9. The largest absolute Gasteiger partial charge is 0.417 e. The van der Waals surface area contributed by atoms with E-state index in [4.69, 9.17) is 16.3 Å². The Kier molecular flexibility index (Phi) is 30.5. The van der Waals surface area contributed by atoms with Gasteiger partial charge in [0.2, 0.25) is 70.9 Å². The highest BCUT2D eigenvalue weighted by Gasteiger charge is 2.45. The summed E-state index contributed by atoms with van der Waals surface area (Å²) in [5, 5.41) is 7.91. The molecule has 0 spiro atoms. The number of likely N-dealkylation sites (tertiary alicyclic amines) is 1. The van der Waals surface area contributed by atoms with Gasteiger partial charge in [-0.1, -0.05) is 82.9 Å². The fourth-order valence-corrected chi connectivity index (χ4v) is 15.1. The van der Waals surface area contributed by atoms with Crippen LogP contribution in [0.15, 0.2) is 18.2 Å². The molecule has 12 amide bonds. The second kappa shape index (κ2) is 37.9. The summed E-state index contributed by atoms with van der Waals surface area (Å²) in [6.45, 7) is 2.79. The van der Waals surface area contributed by atoms with Gasteiger partial charge in [-0.3, -0.25) is 57.5 Å². The quantitative estimate of drug-likeness (QED) is 0.236. The van der Waals surface area contributed by atoms with Crippen LogP contribution in [0.3, 0.4) is 0 Å². The van der Waals surface area contributed by atoms with Crippen LogP contribution in [0.5, 0.6) is 0 Å². The van der Waals surface area contributed by atoms with Gasteiger partial charge in [0.05, 0.1) is 49.4 Å². The van der Waals surface area contributed by atoms with Gasteiger partial charge in [0.1, 0.15) is 42.3 Å². The minimum absolute atomic E-state index is 0.0213. The Bertz CT molecular complexity index is 3090. The molecule has 7 rings (SSSR count). The van der Waals surface area contributed by atoms with Gasteiger partial charge in [0.25, 0.3) is 0 Å². The van der Waals surface area contributed by atoms with E-state index in [2.05, 4.69) is 16.0 Å². The minimum atomic E-state index is -4.74. The smallest absolute Gasteiger partial charge is 0.376 e. The van der Waals surface area contributed by atoms with E-state index < -0.39 is 150 Å². The van der Waals surface area contributed by atoms with Crippen molar-refractivity contribution in [2.75, 3.05) is 102 Å². The lowest BCUT2D eigenvalue weighted by Crippen LogP contribution is -2.59. The molecule has 1 aromatic carbocycles. The molecular weight excluding hydrogens is 1330 g/mol. The van der Waals surface area contributed by atoms with Crippen molar-refractivity contribution in [3.05, 3.63) is 34.3 Å². The van der Waals surface area contributed by atoms with E-state index in [1.54, 1.807) is 11.9 Å². The topological polar surface area (TPSA) is 279 Å². The number of halogens is 4. The first kappa shape index (κ1) is 81.2. The summed E-state index contributed by atoms with van der Waals surface area (Å²) in [7, 11) is 10.0. The number of piperidine rings is 1. The second-order valence-electron chi connectivity index (χ2n) is 29.5. The SMILES string of the molecule is CC(C)C[C@H]1C(=O)N[C@@H](COC2CC2)C(=O)N(C)CC(=O)N(C)CC(=O)N(C)[C@@H](CC2CCCCC2)C(=O)N(C)CC(=O)N[C@@H](CCc2ccc(C(F)(F)F)c(Cl)c2)C(=O)N2CCC[C@H]2C(=O)NCCCCC(=O)N(C)[C@@H](C2CCCCC2)C(=O)N(C)[C@H](C(=O)N2CCCCC2)CC(=O)N1C. The normalized spacial score (nSPS) is 26.4. The molecule has 0 unspecified atom stereocenters. The molecule has 7 atom stereocenters. The van der Waals surface area contributed by atoms with Gasteiger partial charge in [-0.25, -0.2) is 0 Å². The number of benzene rings is 1. The zero-order chi connectivity index (χ0) is 74.0. The second-order valence-corrected chi connectivity index (χ2v) is 29.9. The van der Waals surface area contributed by atoms with Crippen molar-refractivity contribution in [3.63, 3.8) is 0 Å². The lowest BCUT2D eigenvalue weighted by Gasteiger charge is -2.41. The molecule has 6 fully saturated rings. The number of fused-ring (bicyclic) bond motifs is 1. The van der Waals surface area contributed by atoms with Crippen molar-refractivity contribution in [3.8, 4) is 0 Å². The van der Waals surface area contributed by atoms with Crippen LogP contribution < -0.4 is 16.0 Å². The van der Waals surface area contributed by atoms with Gasteiger partial charge in [-0.05, 0) is 132 Å². The van der Waals surface area contributed by atoms with Crippen molar-refractivity contribution >= 4 is 82.5 Å². The Labute approximate surface area is 598 Å². The Hall–Kier alpha value is -7.10. The molecule has 101 heavy (non-hydrogen) atoms. The first-order valence-corrected chi connectivity index (χ1v) is 37.0. The lowest BCUT2D eigenvalue weighted by atomic mass is 9.82. The number of carbonyl (C=O) groups excluding carboxylic acids is 12. The first-order valence-electron chi connectivity index (χ1n) is 36.6. The molecule has 3 N–H and O–H groups in total. The minimum Gasteiger partial charge on any atom is -0.376 e. The molecule has 3 saturated heterocycles. The van der Waals surface area contributed by atoms with E-state index in [9.17, 15) is 65.9 Å². The predicted molar refractivity (Wildman–Crippen MR) is 371 cm³/mol. The maximum atomic E-state index is 15.4. The van der Waals surface area contributed by atoms with Crippen molar-refractivity contribution in [1.82, 2.24) is 60.0 Å². The summed E-state index contributed by atoms with van der Waals surface area (Å²) in [6, 6.07) is -5.17. The highest BCUT2D eigenvalue weighted by molar-refractivity contribution is 6.31. The Morgan fingerprint density at radius 2 is 1.22 bits per heavy atom. The molecule has 564 valence electrons. The molecule has 3 heterocycles. The van der Waals surface area contributed by atoms with Crippen molar-refractivity contribution in [1.29, 1.82) is 0 Å². The molecule has 6 aliphatic rings. The standard InChI is InChI=1S/C72H110ClF3N12O13/c1-46(2)38-56-66(95)79-54(45-101-50-30-31-50)67(96)82(5)43-62(92)80(3)44-63(93)84(7)57(40-47-22-13-10-14-23-47)69(98)81(4)42-59(89)78-53(33-29-48-28-32-51(52(73)39-48)72(74,75)76)68(97)88-37-21-26-55(88)65(94)77-34-18-17-27-60(90)86(9)64(49-24-15-11-16-25-49)71(100)85(8)58(41-61(91)83(56)6)70(99)87-35-19-12-20-36-87/h28,32,39,46-47,49-50,53-58,64H,10-27,29-31,33-38,40-45H2,1-9H3,(H,77,94)(H,78,89)(H,79,95)/t53-,54-,55-,56-,57-,58-,64-/m0/s1. The highest BCUT2D eigenvalue weighted by Crippen LogP contribution is 2.36. The highest BCUT2D eigenvalue weighted by atomic mass is 35.5. The summed E-state index contributed by atoms with van der Waals surface area (Å²) in [5.41, 5.74) is -0.731.